The van der Waals surface area contributed by atoms with Crippen LogP contribution in [-0.2, 0) is 9.59 Å². The van der Waals surface area contributed by atoms with E-state index in [1.807, 2.05) is 0 Å². The molecule has 0 bridgehead atoms. The molecule has 26 heteroatoms. The summed E-state index contributed by atoms with van der Waals surface area (Å²) in [7, 11) is 0. The second-order valence-electron chi connectivity index (χ2n) is 7.22. The quantitative estimate of drug-likeness (QED) is 0.227. The van der Waals surface area contributed by atoms with Gasteiger partial charge in [0.15, 0.2) is 0 Å². The molecular weight excluding hydrogens is 661 g/mol. The molecule has 0 spiro atoms. The number of alkyl halides is 21. The van der Waals surface area contributed by atoms with Gasteiger partial charge in [-0.25, -0.2) is 0 Å². The van der Waals surface area contributed by atoms with Crippen LogP contribution < -0.4 is 5.73 Å². The van der Waals surface area contributed by atoms with Crippen LogP contribution in [0.4, 0.5) is 92.2 Å². The summed E-state index contributed by atoms with van der Waals surface area (Å²) >= 11 is -2.41. The van der Waals surface area contributed by atoms with Crippen molar-refractivity contribution in [3.8, 4) is 0 Å². The molecule has 0 aliphatic rings. The molecule has 0 rings (SSSR count). The molecule has 0 aliphatic heterocycles. The van der Waals surface area contributed by atoms with E-state index in [2.05, 4.69) is 5.73 Å². The van der Waals surface area contributed by atoms with Gasteiger partial charge < -0.3 is 10.8 Å². The van der Waals surface area contributed by atoms with Gasteiger partial charge in [0.2, 0.25) is 5.91 Å². The molecule has 0 aromatic heterocycles. The van der Waals surface area contributed by atoms with Gasteiger partial charge in [-0.2, -0.15) is 92.2 Å². The second-order valence-corrected chi connectivity index (χ2v) is 8.53. The first-order chi connectivity index (χ1) is 17.0. The van der Waals surface area contributed by atoms with Gasteiger partial charge in [-0.05, 0) is 0 Å². The zero-order chi connectivity index (χ0) is 33.1. The third-order valence-electron chi connectivity index (χ3n) is 4.45. The van der Waals surface area contributed by atoms with E-state index in [-0.39, 0.29) is 0 Å². The summed E-state index contributed by atoms with van der Waals surface area (Å²) in [6.45, 7) is 0. The SMILES string of the molecule is NC(=O)C(CC(=O)O)SC(F)(F)C(F)(F)C(F)(F)C(F)(F)C(F)(F)C(F)(F)C(F)(F)C(F)(F)C(F)(F)C(F)(F)F. The molecule has 0 heterocycles. The summed E-state index contributed by atoms with van der Waals surface area (Å²) in [6.07, 6.45) is -10.2. The van der Waals surface area contributed by atoms with E-state index in [1.165, 1.54) is 0 Å². The van der Waals surface area contributed by atoms with Crippen molar-refractivity contribution in [2.45, 2.75) is 70.5 Å². The predicted octanol–water partition coefficient (Wildman–Crippen LogP) is 6.29. The summed E-state index contributed by atoms with van der Waals surface area (Å²) in [5.74, 6) is -76.5. The molecular formula is C14H6F21NO3S. The first-order valence-corrected chi connectivity index (χ1v) is 9.51. The highest BCUT2D eigenvalue weighted by Crippen LogP contribution is 2.67. The van der Waals surface area contributed by atoms with Gasteiger partial charge in [0.25, 0.3) is 0 Å². The number of carbonyl (C=O) groups excluding carboxylic acids is 1. The molecule has 0 aromatic rings. The molecule has 1 atom stereocenters. The highest BCUT2D eigenvalue weighted by Gasteiger charge is 2.98. The first kappa shape index (κ1) is 37.8. The van der Waals surface area contributed by atoms with Crippen molar-refractivity contribution < 1.29 is 107 Å². The molecule has 40 heavy (non-hydrogen) atoms. The molecule has 238 valence electrons. The van der Waals surface area contributed by atoms with Crippen LogP contribution in [-0.4, -0.2) is 81.0 Å². The first-order valence-electron chi connectivity index (χ1n) is 8.63. The molecule has 4 nitrogen and oxygen atoms in total. The number of nitrogens with two attached hydrogens (primary N) is 1. The van der Waals surface area contributed by atoms with E-state index in [9.17, 15) is 102 Å². The van der Waals surface area contributed by atoms with Crippen molar-refractivity contribution in [2.75, 3.05) is 0 Å². The smallest absolute Gasteiger partial charge is 0.460 e. The summed E-state index contributed by atoms with van der Waals surface area (Å²) in [5.41, 5.74) is 4.26. The minimum Gasteiger partial charge on any atom is -0.481 e. The van der Waals surface area contributed by atoms with Gasteiger partial charge in [-0.15, -0.1) is 0 Å². The number of hydrogen-bond acceptors (Lipinski definition) is 3. The van der Waals surface area contributed by atoms with E-state index in [1.54, 1.807) is 0 Å². The molecule has 0 saturated heterocycles. The van der Waals surface area contributed by atoms with Crippen LogP contribution in [0.2, 0.25) is 0 Å². The molecule has 0 fully saturated rings. The number of thioether (sulfide) groups is 1. The number of amides is 1. The number of hydrogen-bond donors (Lipinski definition) is 2. The van der Waals surface area contributed by atoms with Gasteiger partial charge in [0.1, 0.15) is 0 Å². The van der Waals surface area contributed by atoms with Crippen LogP contribution in [0.15, 0.2) is 0 Å². The summed E-state index contributed by atoms with van der Waals surface area (Å²) in [4.78, 5) is 21.2. The minimum absolute atomic E-state index is 2.13. The zero-order valence-electron chi connectivity index (χ0n) is 17.5. The second kappa shape index (κ2) is 9.97. The number of carboxylic acids is 1. The van der Waals surface area contributed by atoms with Gasteiger partial charge >= 0.3 is 64.8 Å². The number of halogens is 21. The third kappa shape index (κ3) is 5.15. The lowest BCUT2D eigenvalue weighted by molar-refractivity contribution is -0.472. The van der Waals surface area contributed by atoms with Gasteiger partial charge in [-0.1, -0.05) is 11.8 Å². The summed E-state index contributed by atoms with van der Waals surface area (Å²) in [6, 6.07) is 0. The molecule has 3 N–H and O–H groups in total. The van der Waals surface area contributed by atoms with E-state index in [0.717, 1.165) is 0 Å². The Labute approximate surface area is 208 Å². The Balaban J connectivity index is 7.05. The highest BCUT2D eigenvalue weighted by molar-refractivity contribution is 8.01. The number of carboxylic acid groups (broad SMARTS) is 1. The highest BCUT2D eigenvalue weighted by atomic mass is 32.2. The standard InChI is InChI=1S/C14H6F21NO3S/c15-5(16,7(19,20)9(23,24)11(27,28)13(31,32)33)6(17,18)8(21,22)10(25,26)12(29,30)14(34,35)40-2(4(36)39)1-3(37)38/h2H,1H2,(H2,36,39)(H,37,38). The van der Waals surface area contributed by atoms with Gasteiger partial charge in [0.05, 0.1) is 11.7 Å². The molecule has 1 amide bonds. The fourth-order valence-electron chi connectivity index (χ4n) is 2.16. The van der Waals surface area contributed by atoms with Crippen molar-refractivity contribution in [3.63, 3.8) is 0 Å². The average molecular weight is 667 g/mol. The maximum Gasteiger partial charge on any atom is 0.460 e. The summed E-state index contributed by atoms with van der Waals surface area (Å²) in [5, 5.41) is -2.21. The van der Waals surface area contributed by atoms with Crippen LogP contribution in [0.3, 0.4) is 0 Å². The third-order valence-corrected chi connectivity index (χ3v) is 5.69. The lowest BCUT2D eigenvalue weighted by Crippen LogP contribution is -2.76. The molecule has 0 radical (unpaired) electrons. The van der Waals surface area contributed by atoms with Crippen molar-refractivity contribution in [1.29, 1.82) is 0 Å². The predicted molar refractivity (Wildman–Crippen MR) is 83.4 cm³/mol. The van der Waals surface area contributed by atoms with Gasteiger partial charge in [-0.3, -0.25) is 9.59 Å². The molecule has 0 saturated carbocycles. The van der Waals surface area contributed by atoms with E-state index < -0.39 is 94.1 Å². The monoisotopic (exact) mass is 667 g/mol. The topological polar surface area (TPSA) is 80.4 Å². The van der Waals surface area contributed by atoms with E-state index >= 15 is 0 Å². The van der Waals surface area contributed by atoms with Gasteiger partial charge in [0, 0.05) is 0 Å². The van der Waals surface area contributed by atoms with Crippen LogP contribution in [0.5, 0.6) is 0 Å². The largest absolute Gasteiger partial charge is 0.481 e. The lowest BCUT2D eigenvalue weighted by atomic mass is 9.87. The normalized spacial score (nSPS) is 16.6. The number of carbonyl (C=O) groups is 2. The van der Waals surface area contributed by atoms with Crippen molar-refractivity contribution in [3.05, 3.63) is 0 Å². The Morgan fingerprint density at radius 1 is 0.525 bits per heavy atom. The van der Waals surface area contributed by atoms with Crippen molar-refractivity contribution in [1.82, 2.24) is 0 Å². The Bertz CT molecular complexity index is 974. The number of primary amides is 1. The minimum atomic E-state index is -9.30. The van der Waals surface area contributed by atoms with E-state index in [0.29, 0.717) is 0 Å². The fourth-order valence-corrected chi connectivity index (χ4v) is 3.13. The molecule has 0 aliphatic carbocycles. The Morgan fingerprint density at radius 2 is 0.775 bits per heavy atom. The lowest BCUT2D eigenvalue weighted by Gasteiger charge is -2.44. The Kier molecular flexibility index (Phi) is 9.43. The van der Waals surface area contributed by atoms with Crippen LogP contribution in [0, 0.1) is 0 Å². The average Bonchev–Trinajstić information content (AvgIpc) is 2.70. The van der Waals surface area contributed by atoms with Crippen LogP contribution in [0.1, 0.15) is 6.42 Å². The Hall–Kier alpha value is -2.18. The summed E-state index contributed by atoms with van der Waals surface area (Å²) < 4.78 is 278. The molecule has 0 aromatic carbocycles. The maximum atomic E-state index is 13.8. The van der Waals surface area contributed by atoms with E-state index in [4.69, 9.17) is 5.11 Å². The fraction of sp³-hybridized carbons (Fsp3) is 0.857. The van der Waals surface area contributed by atoms with Crippen LogP contribution >= 0.6 is 11.8 Å². The van der Waals surface area contributed by atoms with Crippen molar-refractivity contribution >= 4 is 23.6 Å². The Morgan fingerprint density at radius 3 is 1.00 bits per heavy atom. The number of aliphatic carboxylic acids is 1. The zero-order valence-corrected chi connectivity index (χ0v) is 18.3. The maximum absolute atomic E-state index is 13.8. The van der Waals surface area contributed by atoms with Crippen LogP contribution in [0.25, 0.3) is 0 Å². The van der Waals surface area contributed by atoms with Crippen molar-refractivity contribution in [2.24, 2.45) is 5.73 Å². The molecule has 1 unspecified atom stereocenters. The number of rotatable bonds is 13.